The molecule has 0 spiro atoms. The monoisotopic (exact) mass is 315 g/mol. The lowest BCUT2D eigenvalue weighted by Crippen LogP contribution is -2.24. The molecule has 112 valence electrons. The Balaban J connectivity index is 0.00000147. The standard InChI is InChI=1S/C14H21N3OS.ClH/c1-2-9-3-4-11-12(7-9)19-14(16-11)17-13(18)10-5-6-15-8-10;/h9-10,15H,2-8H2,1H3,(H,16,17,18);1H. The molecule has 0 saturated carbocycles. The number of hydrogen-bond donors (Lipinski definition) is 2. The summed E-state index contributed by atoms with van der Waals surface area (Å²) in [6, 6.07) is 0. The van der Waals surface area contributed by atoms with Gasteiger partial charge in [0.1, 0.15) is 0 Å². The van der Waals surface area contributed by atoms with Crippen molar-refractivity contribution in [1.82, 2.24) is 10.3 Å². The first-order valence-electron chi connectivity index (χ1n) is 7.26. The van der Waals surface area contributed by atoms with Crippen LogP contribution < -0.4 is 10.6 Å². The third kappa shape index (κ3) is 3.32. The predicted molar refractivity (Wildman–Crippen MR) is 84.8 cm³/mol. The van der Waals surface area contributed by atoms with E-state index in [-0.39, 0.29) is 24.2 Å². The molecule has 4 nitrogen and oxygen atoms in total. The third-order valence-corrected chi connectivity index (χ3v) is 5.32. The van der Waals surface area contributed by atoms with E-state index in [2.05, 4.69) is 22.5 Å². The number of rotatable bonds is 3. The quantitative estimate of drug-likeness (QED) is 0.901. The normalized spacial score (nSPS) is 24.9. The van der Waals surface area contributed by atoms with Gasteiger partial charge in [0.25, 0.3) is 0 Å². The average molecular weight is 316 g/mol. The lowest BCUT2D eigenvalue weighted by atomic mass is 9.89. The van der Waals surface area contributed by atoms with Crippen LogP contribution in [0.2, 0.25) is 0 Å². The van der Waals surface area contributed by atoms with Crippen LogP contribution in [0.1, 0.15) is 36.8 Å². The maximum absolute atomic E-state index is 12.1. The predicted octanol–water partition coefficient (Wildman–Crippen LogP) is 2.63. The van der Waals surface area contributed by atoms with Crippen LogP contribution in [-0.4, -0.2) is 24.0 Å². The van der Waals surface area contributed by atoms with Crippen LogP contribution in [-0.2, 0) is 17.6 Å². The lowest BCUT2D eigenvalue weighted by Gasteiger charge is -2.18. The number of anilines is 1. The van der Waals surface area contributed by atoms with Crippen molar-refractivity contribution in [2.24, 2.45) is 11.8 Å². The summed E-state index contributed by atoms with van der Waals surface area (Å²) in [7, 11) is 0. The Labute approximate surface area is 130 Å². The number of carbonyl (C=O) groups is 1. The van der Waals surface area contributed by atoms with Gasteiger partial charge in [-0.2, -0.15) is 0 Å². The van der Waals surface area contributed by atoms with E-state index in [9.17, 15) is 4.79 Å². The number of fused-ring (bicyclic) bond motifs is 1. The summed E-state index contributed by atoms with van der Waals surface area (Å²) in [4.78, 5) is 18.0. The highest BCUT2D eigenvalue weighted by atomic mass is 35.5. The number of carbonyl (C=O) groups excluding carboxylic acids is 1. The summed E-state index contributed by atoms with van der Waals surface area (Å²) >= 11 is 1.68. The second-order valence-electron chi connectivity index (χ2n) is 5.58. The van der Waals surface area contributed by atoms with Crippen molar-refractivity contribution in [3.05, 3.63) is 10.6 Å². The summed E-state index contributed by atoms with van der Waals surface area (Å²) in [5.74, 6) is 1.04. The smallest absolute Gasteiger partial charge is 0.230 e. The maximum Gasteiger partial charge on any atom is 0.230 e. The van der Waals surface area contributed by atoms with Gasteiger partial charge in [0, 0.05) is 11.4 Å². The van der Waals surface area contributed by atoms with Crippen LogP contribution in [0.25, 0.3) is 0 Å². The second kappa shape index (κ2) is 6.87. The summed E-state index contributed by atoms with van der Waals surface area (Å²) in [5.41, 5.74) is 1.22. The molecule has 0 bridgehead atoms. The Morgan fingerprint density at radius 1 is 1.50 bits per heavy atom. The average Bonchev–Trinajstić information content (AvgIpc) is 3.06. The highest BCUT2D eigenvalue weighted by molar-refractivity contribution is 7.15. The van der Waals surface area contributed by atoms with E-state index in [1.54, 1.807) is 11.3 Å². The largest absolute Gasteiger partial charge is 0.316 e. The summed E-state index contributed by atoms with van der Waals surface area (Å²) in [6.45, 7) is 4.01. The van der Waals surface area contributed by atoms with Crippen LogP contribution in [0.4, 0.5) is 5.13 Å². The van der Waals surface area contributed by atoms with E-state index < -0.39 is 0 Å². The van der Waals surface area contributed by atoms with Gasteiger partial charge in [-0.3, -0.25) is 4.79 Å². The van der Waals surface area contributed by atoms with E-state index in [1.165, 1.54) is 23.4 Å². The number of aryl methyl sites for hydroxylation is 1. The molecule has 2 atom stereocenters. The third-order valence-electron chi connectivity index (χ3n) is 4.28. The number of hydrogen-bond acceptors (Lipinski definition) is 4. The number of thiazole rings is 1. The highest BCUT2D eigenvalue weighted by Crippen LogP contribution is 2.33. The molecule has 1 aliphatic carbocycles. The van der Waals surface area contributed by atoms with Crippen molar-refractivity contribution in [3.63, 3.8) is 0 Å². The number of amides is 1. The van der Waals surface area contributed by atoms with Gasteiger partial charge in [-0.15, -0.1) is 23.7 Å². The Morgan fingerprint density at radius 3 is 3.05 bits per heavy atom. The number of aromatic nitrogens is 1. The lowest BCUT2D eigenvalue weighted by molar-refractivity contribution is -0.119. The van der Waals surface area contributed by atoms with Crippen LogP contribution in [0.3, 0.4) is 0 Å². The van der Waals surface area contributed by atoms with Gasteiger partial charge in [-0.1, -0.05) is 13.3 Å². The van der Waals surface area contributed by atoms with E-state index >= 15 is 0 Å². The number of nitrogens with zero attached hydrogens (tertiary/aromatic N) is 1. The Kier molecular flexibility index (Phi) is 5.41. The van der Waals surface area contributed by atoms with Crippen molar-refractivity contribution in [1.29, 1.82) is 0 Å². The molecule has 20 heavy (non-hydrogen) atoms. The van der Waals surface area contributed by atoms with Gasteiger partial charge in [-0.05, 0) is 38.1 Å². The van der Waals surface area contributed by atoms with Crippen LogP contribution in [0, 0.1) is 11.8 Å². The molecule has 3 rings (SSSR count). The van der Waals surface area contributed by atoms with Crippen LogP contribution >= 0.6 is 23.7 Å². The molecule has 1 saturated heterocycles. The van der Waals surface area contributed by atoms with Crippen molar-refractivity contribution in [3.8, 4) is 0 Å². The molecule has 2 aliphatic rings. The summed E-state index contributed by atoms with van der Waals surface area (Å²) in [5, 5.41) is 7.03. The Bertz CT molecular complexity index is 471. The first-order valence-corrected chi connectivity index (χ1v) is 8.08. The minimum Gasteiger partial charge on any atom is -0.316 e. The Hall–Kier alpha value is -0.650. The number of nitrogens with one attached hydrogen (secondary N) is 2. The van der Waals surface area contributed by atoms with Gasteiger partial charge < -0.3 is 10.6 Å². The van der Waals surface area contributed by atoms with Crippen molar-refractivity contribution < 1.29 is 4.79 Å². The van der Waals surface area contributed by atoms with Gasteiger partial charge in [0.05, 0.1) is 11.6 Å². The first kappa shape index (κ1) is 15.7. The van der Waals surface area contributed by atoms with E-state index in [4.69, 9.17) is 0 Å². The molecule has 1 fully saturated rings. The molecule has 2 unspecified atom stereocenters. The molecule has 0 radical (unpaired) electrons. The van der Waals surface area contributed by atoms with Crippen molar-refractivity contribution >= 4 is 34.8 Å². The fraction of sp³-hybridized carbons (Fsp3) is 0.714. The fourth-order valence-electron chi connectivity index (χ4n) is 2.93. The van der Waals surface area contributed by atoms with Crippen molar-refractivity contribution in [2.45, 2.75) is 39.0 Å². The molecule has 1 amide bonds. The molecule has 2 heterocycles. The molecule has 1 aromatic heterocycles. The number of halogens is 1. The molecule has 0 aromatic carbocycles. The van der Waals surface area contributed by atoms with Gasteiger partial charge in [-0.25, -0.2) is 4.98 Å². The molecular formula is C14H22ClN3OS. The van der Waals surface area contributed by atoms with Crippen molar-refractivity contribution in [2.75, 3.05) is 18.4 Å². The van der Waals surface area contributed by atoms with Gasteiger partial charge in [0.15, 0.2) is 5.13 Å². The topological polar surface area (TPSA) is 54.0 Å². The first-order chi connectivity index (χ1) is 9.26. The Morgan fingerprint density at radius 2 is 2.35 bits per heavy atom. The van der Waals surface area contributed by atoms with E-state index in [0.717, 1.165) is 43.4 Å². The zero-order valence-corrected chi connectivity index (χ0v) is 13.4. The van der Waals surface area contributed by atoms with Gasteiger partial charge in [0.2, 0.25) is 5.91 Å². The van der Waals surface area contributed by atoms with E-state index in [0.29, 0.717) is 0 Å². The molecule has 2 N–H and O–H groups in total. The van der Waals surface area contributed by atoms with Crippen LogP contribution in [0.15, 0.2) is 0 Å². The zero-order chi connectivity index (χ0) is 13.2. The molecule has 1 aromatic rings. The fourth-order valence-corrected chi connectivity index (χ4v) is 4.06. The SMILES string of the molecule is CCC1CCc2nc(NC(=O)C3CCNC3)sc2C1.Cl. The summed E-state index contributed by atoms with van der Waals surface area (Å²) in [6.07, 6.45) is 5.64. The zero-order valence-electron chi connectivity index (χ0n) is 11.8. The molecular weight excluding hydrogens is 294 g/mol. The molecule has 6 heteroatoms. The second-order valence-corrected chi connectivity index (χ2v) is 6.67. The maximum atomic E-state index is 12.1. The minimum absolute atomic E-state index is 0. The molecule has 1 aliphatic heterocycles. The minimum atomic E-state index is 0. The van der Waals surface area contributed by atoms with Crippen LogP contribution in [0.5, 0.6) is 0 Å². The highest BCUT2D eigenvalue weighted by Gasteiger charge is 2.25. The van der Waals surface area contributed by atoms with E-state index in [1.807, 2.05) is 0 Å². The van der Waals surface area contributed by atoms with Gasteiger partial charge >= 0.3 is 0 Å². The summed E-state index contributed by atoms with van der Waals surface area (Å²) < 4.78 is 0.